The number of nitrogens with zero attached hydrogens (tertiary/aromatic N) is 4. The lowest BCUT2D eigenvalue weighted by atomic mass is 10.1. The average Bonchev–Trinajstić information content (AvgIpc) is 3.27. The molecule has 0 aliphatic carbocycles. The van der Waals surface area contributed by atoms with Crippen LogP contribution in [-0.4, -0.2) is 33.1 Å². The van der Waals surface area contributed by atoms with Gasteiger partial charge in [0.25, 0.3) is 0 Å². The minimum atomic E-state index is 0.846. The second-order valence-electron chi connectivity index (χ2n) is 7.21. The second kappa shape index (κ2) is 9.34. The molecule has 0 radical (unpaired) electrons. The monoisotopic (exact) mass is 386 g/mol. The first-order chi connectivity index (χ1) is 14.3. The standard InChI is InChI=1S/C24H26N4O/c1-29-24-8-3-2-6-22(24)18-28(14-5-13-27-15-12-25-19-27)17-20-9-10-23-21(16-20)7-4-11-26-23/h2-4,6-12,15-16,19H,5,13-14,17-18H2,1H3. The minimum Gasteiger partial charge on any atom is -0.496 e. The highest BCUT2D eigenvalue weighted by atomic mass is 16.5. The fourth-order valence-electron chi connectivity index (χ4n) is 3.67. The van der Waals surface area contributed by atoms with Gasteiger partial charge in [-0.2, -0.15) is 0 Å². The van der Waals surface area contributed by atoms with E-state index in [4.69, 9.17) is 4.74 Å². The average molecular weight is 386 g/mol. The van der Waals surface area contributed by atoms with Gasteiger partial charge in [-0.15, -0.1) is 0 Å². The Morgan fingerprint density at radius 1 is 1.00 bits per heavy atom. The van der Waals surface area contributed by atoms with E-state index in [0.29, 0.717) is 0 Å². The molecule has 0 fully saturated rings. The second-order valence-corrected chi connectivity index (χ2v) is 7.21. The number of pyridine rings is 1. The third-order valence-corrected chi connectivity index (χ3v) is 5.11. The van der Waals surface area contributed by atoms with Crippen LogP contribution in [0.4, 0.5) is 0 Å². The quantitative estimate of drug-likeness (QED) is 0.424. The van der Waals surface area contributed by atoms with Gasteiger partial charge >= 0.3 is 0 Å². The Labute approximate surface area is 171 Å². The number of ether oxygens (including phenoxy) is 1. The lowest BCUT2D eigenvalue weighted by Gasteiger charge is -2.24. The predicted molar refractivity (Wildman–Crippen MR) is 116 cm³/mol. The molecule has 0 aliphatic rings. The van der Waals surface area contributed by atoms with Gasteiger partial charge in [0.2, 0.25) is 0 Å². The highest BCUT2D eigenvalue weighted by Crippen LogP contribution is 2.21. The van der Waals surface area contributed by atoms with Gasteiger partial charge in [-0.25, -0.2) is 4.98 Å². The van der Waals surface area contributed by atoms with E-state index in [2.05, 4.69) is 55.8 Å². The first-order valence-electron chi connectivity index (χ1n) is 9.95. The number of para-hydroxylation sites is 1. The molecule has 0 atom stereocenters. The van der Waals surface area contributed by atoms with E-state index in [9.17, 15) is 0 Å². The van der Waals surface area contributed by atoms with Gasteiger partial charge in [0, 0.05) is 55.7 Å². The molecule has 5 nitrogen and oxygen atoms in total. The predicted octanol–water partition coefficient (Wildman–Crippen LogP) is 4.53. The SMILES string of the molecule is COc1ccccc1CN(CCCn1ccnc1)Cc1ccc2ncccc2c1. The highest BCUT2D eigenvalue weighted by molar-refractivity contribution is 5.78. The molecule has 0 aliphatic heterocycles. The summed E-state index contributed by atoms with van der Waals surface area (Å²) < 4.78 is 7.70. The number of aryl methyl sites for hydroxylation is 1. The molecule has 2 aromatic carbocycles. The third kappa shape index (κ3) is 5.00. The zero-order valence-corrected chi connectivity index (χ0v) is 16.7. The first-order valence-corrected chi connectivity index (χ1v) is 9.95. The zero-order valence-electron chi connectivity index (χ0n) is 16.7. The van der Waals surface area contributed by atoms with Crippen LogP contribution in [0.3, 0.4) is 0 Å². The van der Waals surface area contributed by atoms with Crippen LogP contribution < -0.4 is 4.74 Å². The van der Waals surface area contributed by atoms with Gasteiger partial charge in [0.15, 0.2) is 0 Å². The Hall–Kier alpha value is -3.18. The van der Waals surface area contributed by atoms with E-state index < -0.39 is 0 Å². The number of hydrogen-bond acceptors (Lipinski definition) is 4. The molecule has 0 spiro atoms. The van der Waals surface area contributed by atoms with Crippen LogP contribution >= 0.6 is 0 Å². The first kappa shape index (κ1) is 19.2. The smallest absolute Gasteiger partial charge is 0.123 e. The number of methoxy groups -OCH3 is 1. The van der Waals surface area contributed by atoms with Gasteiger partial charge in [0.1, 0.15) is 5.75 Å². The molecule has 29 heavy (non-hydrogen) atoms. The molecule has 0 N–H and O–H groups in total. The lowest BCUT2D eigenvalue weighted by molar-refractivity contribution is 0.244. The van der Waals surface area contributed by atoms with Crippen LogP contribution in [0.2, 0.25) is 0 Å². The molecule has 0 unspecified atom stereocenters. The van der Waals surface area contributed by atoms with Gasteiger partial charge in [-0.05, 0) is 36.2 Å². The van der Waals surface area contributed by atoms with Crippen molar-refractivity contribution in [1.29, 1.82) is 0 Å². The summed E-state index contributed by atoms with van der Waals surface area (Å²) in [4.78, 5) is 11.0. The number of aromatic nitrogens is 3. The largest absolute Gasteiger partial charge is 0.496 e. The number of hydrogen-bond donors (Lipinski definition) is 0. The van der Waals surface area contributed by atoms with Crippen molar-refractivity contribution < 1.29 is 4.74 Å². The minimum absolute atomic E-state index is 0.846. The number of fused-ring (bicyclic) bond motifs is 1. The summed E-state index contributed by atoms with van der Waals surface area (Å²) in [5.41, 5.74) is 3.54. The van der Waals surface area contributed by atoms with Crippen LogP contribution in [-0.2, 0) is 19.6 Å². The Balaban J connectivity index is 1.50. The molecule has 2 heterocycles. The van der Waals surface area contributed by atoms with E-state index in [1.54, 1.807) is 7.11 Å². The fraction of sp³-hybridized carbons (Fsp3) is 0.250. The molecule has 0 bridgehead atoms. The normalized spacial score (nSPS) is 11.2. The maximum absolute atomic E-state index is 5.57. The summed E-state index contributed by atoms with van der Waals surface area (Å²) in [6, 6.07) is 18.9. The Kier molecular flexibility index (Phi) is 6.17. The summed E-state index contributed by atoms with van der Waals surface area (Å²) in [5, 5.41) is 1.18. The van der Waals surface area contributed by atoms with Crippen LogP contribution in [0.1, 0.15) is 17.5 Å². The van der Waals surface area contributed by atoms with E-state index in [-0.39, 0.29) is 0 Å². The number of benzene rings is 2. The van der Waals surface area contributed by atoms with Crippen molar-refractivity contribution in [3.05, 3.63) is 90.6 Å². The van der Waals surface area contributed by atoms with Crippen molar-refractivity contribution in [1.82, 2.24) is 19.4 Å². The van der Waals surface area contributed by atoms with Crippen LogP contribution in [0.25, 0.3) is 10.9 Å². The van der Waals surface area contributed by atoms with Gasteiger partial charge in [0.05, 0.1) is 19.0 Å². The lowest BCUT2D eigenvalue weighted by Crippen LogP contribution is -2.25. The Morgan fingerprint density at radius 2 is 1.93 bits per heavy atom. The third-order valence-electron chi connectivity index (χ3n) is 5.11. The molecule has 148 valence electrons. The van der Waals surface area contributed by atoms with E-state index in [1.807, 2.05) is 43.1 Å². The molecular formula is C24H26N4O. The molecule has 2 aromatic heterocycles. The maximum atomic E-state index is 5.57. The number of imidazole rings is 1. The molecular weight excluding hydrogens is 360 g/mol. The number of rotatable bonds is 9. The summed E-state index contributed by atoms with van der Waals surface area (Å²) in [6.07, 6.45) is 8.62. The van der Waals surface area contributed by atoms with Gasteiger partial charge in [-0.1, -0.05) is 30.3 Å². The van der Waals surface area contributed by atoms with E-state index in [1.165, 1.54) is 16.5 Å². The fourth-order valence-corrected chi connectivity index (χ4v) is 3.67. The molecule has 5 heteroatoms. The molecule has 0 amide bonds. The summed E-state index contributed by atoms with van der Waals surface area (Å²) >= 11 is 0. The topological polar surface area (TPSA) is 43.2 Å². The van der Waals surface area contributed by atoms with Crippen molar-refractivity contribution in [2.45, 2.75) is 26.1 Å². The van der Waals surface area contributed by atoms with Gasteiger partial charge in [-0.3, -0.25) is 9.88 Å². The van der Waals surface area contributed by atoms with Crippen LogP contribution in [0, 0.1) is 0 Å². The summed E-state index contributed by atoms with van der Waals surface area (Å²) in [6.45, 7) is 3.68. The molecule has 4 aromatic rings. The van der Waals surface area contributed by atoms with Crippen molar-refractivity contribution in [3.8, 4) is 5.75 Å². The summed E-state index contributed by atoms with van der Waals surface area (Å²) in [7, 11) is 1.73. The van der Waals surface area contributed by atoms with Crippen molar-refractivity contribution >= 4 is 10.9 Å². The van der Waals surface area contributed by atoms with Crippen molar-refractivity contribution in [2.75, 3.05) is 13.7 Å². The van der Waals surface area contributed by atoms with E-state index >= 15 is 0 Å². The van der Waals surface area contributed by atoms with Crippen molar-refractivity contribution in [2.24, 2.45) is 0 Å². The van der Waals surface area contributed by atoms with Crippen molar-refractivity contribution in [3.63, 3.8) is 0 Å². The maximum Gasteiger partial charge on any atom is 0.123 e. The Bertz CT molecular complexity index is 1050. The zero-order chi connectivity index (χ0) is 19.9. The Morgan fingerprint density at radius 3 is 2.79 bits per heavy atom. The summed E-state index contributed by atoms with van der Waals surface area (Å²) in [5.74, 6) is 0.940. The van der Waals surface area contributed by atoms with E-state index in [0.717, 1.165) is 43.9 Å². The molecule has 0 saturated carbocycles. The van der Waals surface area contributed by atoms with Crippen LogP contribution in [0.5, 0.6) is 5.75 Å². The van der Waals surface area contributed by atoms with Gasteiger partial charge < -0.3 is 9.30 Å². The van der Waals surface area contributed by atoms with Crippen LogP contribution in [0.15, 0.2) is 79.5 Å². The molecule has 0 saturated heterocycles. The highest BCUT2D eigenvalue weighted by Gasteiger charge is 2.11. The molecule has 4 rings (SSSR count).